The van der Waals surface area contributed by atoms with E-state index in [1.807, 2.05) is 0 Å². The molecular formula is C20H20ClN3O5. The van der Waals surface area contributed by atoms with Crippen LogP contribution in [-0.4, -0.2) is 36.3 Å². The highest BCUT2D eigenvalue weighted by Gasteiger charge is 2.19. The van der Waals surface area contributed by atoms with Gasteiger partial charge < -0.3 is 20.7 Å². The van der Waals surface area contributed by atoms with Crippen LogP contribution in [0.3, 0.4) is 0 Å². The molecule has 29 heavy (non-hydrogen) atoms. The number of nitrogens with one attached hydrogen (secondary N) is 3. The van der Waals surface area contributed by atoms with Crippen LogP contribution in [0.25, 0.3) is 0 Å². The summed E-state index contributed by atoms with van der Waals surface area (Å²) < 4.78 is 4.93. The molecule has 0 saturated heterocycles. The van der Waals surface area contributed by atoms with E-state index in [2.05, 4.69) is 16.0 Å². The molecule has 2 rings (SSSR count). The summed E-state index contributed by atoms with van der Waals surface area (Å²) in [6.07, 6.45) is 0. The monoisotopic (exact) mass is 417 g/mol. The van der Waals surface area contributed by atoms with E-state index in [-0.39, 0.29) is 5.91 Å². The summed E-state index contributed by atoms with van der Waals surface area (Å²) in [5.74, 6) is -1.95. The Bertz CT molecular complexity index is 897. The van der Waals surface area contributed by atoms with Gasteiger partial charge in [-0.25, -0.2) is 4.79 Å². The number of carbonyl (C=O) groups excluding carboxylic acids is 4. The summed E-state index contributed by atoms with van der Waals surface area (Å²) in [5, 5.41) is 8.14. The zero-order valence-electron chi connectivity index (χ0n) is 15.8. The van der Waals surface area contributed by atoms with Crippen molar-refractivity contribution >= 4 is 46.7 Å². The van der Waals surface area contributed by atoms with Crippen molar-refractivity contribution in [1.82, 2.24) is 5.32 Å². The standard InChI is InChI=1S/C20H20ClN3O5/c1-12(22-19(27)14-3-5-15(21)6-4-14)20(28)29-11-18(26)24-17-9-7-16(8-10-17)23-13(2)25/h3-10,12H,11H2,1-2H3,(H,22,27)(H,23,25)(H,24,26)/t12-/m0/s1. The molecule has 0 spiro atoms. The van der Waals surface area contributed by atoms with E-state index in [1.165, 1.54) is 26.0 Å². The molecular weight excluding hydrogens is 398 g/mol. The maximum Gasteiger partial charge on any atom is 0.328 e. The lowest BCUT2D eigenvalue weighted by Crippen LogP contribution is -2.40. The third-order valence-electron chi connectivity index (χ3n) is 3.64. The van der Waals surface area contributed by atoms with E-state index in [0.29, 0.717) is 22.0 Å². The fourth-order valence-electron chi connectivity index (χ4n) is 2.24. The lowest BCUT2D eigenvalue weighted by atomic mass is 10.2. The number of hydrogen-bond acceptors (Lipinski definition) is 5. The van der Waals surface area contributed by atoms with Crippen molar-refractivity contribution in [3.63, 3.8) is 0 Å². The van der Waals surface area contributed by atoms with E-state index in [4.69, 9.17) is 16.3 Å². The van der Waals surface area contributed by atoms with Crippen LogP contribution in [0.1, 0.15) is 24.2 Å². The van der Waals surface area contributed by atoms with Crippen LogP contribution in [0.4, 0.5) is 11.4 Å². The molecule has 0 aliphatic carbocycles. The SMILES string of the molecule is CC(=O)Nc1ccc(NC(=O)COC(=O)[C@H](C)NC(=O)c2ccc(Cl)cc2)cc1. The Balaban J connectivity index is 1.78. The van der Waals surface area contributed by atoms with Crippen LogP contribution in [0, 0.1) is 0 Å². The lowest BCUT2D eigenvalue weighted by Gasteiger charge is -2.13. The zero-order valence-corrected chi connectivity index (χ0v) is 16.6. The topological polar surface area (TPSA) is 114 Å². The van der Waals surface area contributed by atoms with Crippen molar-refractivity contribution in [2.24, 2.45) is 0 Å². The molecule has 0 unspecified atom stereocenters. The van der Waals surface area contributed by atoms with E-state index in [1.54, 1.807) is 36.4 Å². The molecule has 0 aliphatic rings. The molecule has 2 aromatic rings. The summed E-state index contributed by atoms with van der Waals surface area (Å²) in [5.41, 5.74) is 1.41. The molecule has 1 atom stereocenters. The van der Waals surface area contributed by atoms with Crippen molar-refractivity contribution in [1.29, 1.82) is 0 Å². The third-order valence-corrected chi connectivity index (χ3v) is 3.89. The number of halogens is 1. The minimum absolute atomic E-state index is 0.203. The average Bonchev–Trinajstić information content (AvgIpc) is 2.67. The Morgan fingerprint density at radius 1 is 0.931 bits per heavy atom. The Labute approximate surface area is 172 Å². The second-order valence-electron chi connectivity index (χ2n) is 6.12. The molecule has 8 nitrogen and oxygen atoms in total. The second kappa shape index (κ2) is 10.2. The Kier molecular flexibility index (Phi) is 7.73. The number of esters is 1. The lowest BCUT2D eigenvalue weighted by molar-refractivity contribution is -0.148. The Morgan fingerprint density at radius 3 is 2.03 bits per heavy atom. The number of anilines is 2. The van der Waals surface area contributed by atoms with Crippen LogP contribution in [0.2, 0.25) is 5.02 Å². The molecule has 9 heteroatoms. The minimum atomic E-state index is -0.942. The first kappa shape index (κ1) is 21.9. The van der Waals surface area contributed by atoms with Crippen molar-refractivity contribution < 1.29 is 23.9 Å². The molecule has 0 fully saturated rings. The Morgan fingerprint density at radius 2 is 1.48 bits per heavy atom. The molecule has 2 aromatic carbocycles. The van der Waals surface area contributed by atoms with E-state index in [9.17, 15) is 19.2 Å². The third kappa shape index (κ3) is 7.27. The molecule has 0 bridgehead atoms. The van der Waals surface area contributed by atoms with Gasteiger partial charge in [0.15, 0.2) is 6.61 Å². The van der Waals surface area contributed by atoms with Crippen molar-refractivity contribution in [3.8, 4) is 0 Å². The zero-order chi connectivity index (χ0) is 21.4. The fraction of sp³-hybridized carbons (Fsp3) is 0.200. The highest BCUT2D eigenvalue weighted by atomic mass is 35.5. The van der Waals surface area contributed by atoms with Crippen molar-refractivity contribution in [2.45, 2.75) is 19.9 Å². The maximum atomic E-state index is 12.1. The molecule has 0 saturated carbocycles. The fourth-order valence-corrected chi connectivity index (χ4v) is 2.37. The summed E-state index contributed by atoms with van der Waals surface area (Å²) in [6, 6.07) is 11.7. The first-order chi connectivity index (χ1) is 13.7. The second-order valence-corrected chi connectivity index (χ2v) is 6.55. The van der Waals surface area contributed by atoms with Crippen LogP contribution < -0.4 is 16.0 Å². The van der Waals surface area contributed by atoms with E-state index < -0.39 is 30.4 Å². The molecule has 3 amide bonds. The van der Waals surface area contributed by atoms with Gasteiger partial charge in [-0.2, -0.15) is 0 Å². The van der Waals surface area contributed by atoms with Gasteiger partial charge in [0.25, 0.3) is 11.8 Å². The van der Waals surface area contributed by atoms with Gasteiger partial charge in [-0.05, 0) is 55.5 Å². The summed E-state index contributed by atoms with van der Waals surface area (Å²) in [7, 11) is 0. The highest BCUT2D eigenvalue weighted by Crippen LogP contribution is 2.13. The summed E-state index contributed by atoms with van der Waals surface area (Å²) >= 11 is 5.77. The molecule has 0 aromatic heterocycles. The first-order valence-electron chi connectivity index (χ1n) is 8.65. The van der Waals surface area contributed by atoms with Gasteiger partial charge >= 0.3 is 5.97 Å². The van der Waals surface area contributed by atoms with Gasteiger partial charge in [0.05, 0.1) is 0 Å². The van der Waals surface area contributed by atoms with Crippen LogP contribution in [0.15, 0.2) is 48.5 Å². The van der Waals surface area contributed by atoms with Crippen LogP contribution >= 0.6 is 11.6 Å². The largest absolute Gasteiger partial charge is 0.454 e. The summed E-state index contributed by atoms with van der Waals surface area (Å²) in [4.78, 5) is 47.0. The van der Waals surface area contributed by atoms with Crippen molar-refractivity contribution in [2.75, 3.05) is 17.2 Å². The van der Waals surface area contributed by atoms with E-state index >= 15 is 0 Å². The van der Waals surface area contributed by atoms with Gasteiger partial charge in [-0.3, -0.25) is 14.4 Å². The summed E-state index contributed by atoms with van der Waals surface area (Å²) in [6.45, 7) is 2.34. The van der Waals surface area contributed by atoms with Gasteiger partial charge in [-0.15, -0.1) is 0 Å². The number of ether oxygens (including phenoxy) is 1. The number of amides is 3. The molecule has 0 heterocycles. The number of hydrogen-bond donors (Lipinski definition) is 3. The van der Waals surface area contributed by atoms with Gasteiger partial charge in [0.1, 0.15) is 6.04 Å². The molecule has 0 radical (unpaired) electrons. The van der Waals surface area contributed by atoms with Crippen LogP contribution in [-0.2, 0) is 19.1 Å². The number of rotatable bonds is 7. The molecule has 3 N–H and O–H groups in total. The Hall–Kier alpha value is -3.39. The number of benzene rings is 2. The number of carbonyl (C=O) groups is 4. The maximum absolute atomic E-state index is 12.1. The highest BCUT2D eigenvalue weighted by molar-refractivity contribution is 6.30. The van der Waals surface area contributed by atoms with E-state index in [0.717, 1.165) is 0 Å². The smallest absolute Gasteiger partial charge is 0.328 e. The molecule has 0 aliphatic heterocycles. The predicted molar refractivity (Wildman–Crippen MR) is 109 cm³/mol. The first-order valence-corrected chi connectivity index (χ1v) is 9.03. The normalized spacial score (nSPS) is 11.1. The predicted octanol–water partition coefficient (Wildman–Crippen LogP) is 2.60. The quantitative estimate of drug-likeness (QED) is 0.599. The van der Waals surface area contributed by atoms with Gasteiger partial charge in [0, 0.05) is 28.9 Å². The van der Waals surface area contributed by atoms with Crippen molar-refractivity contribution in [3.05, 3.63) is 59.1 Å². The van der Waals surface area contributed by atoms with Gasteiger partial charge in [-0.1, -0.05) is 11.6 Å². The minimum Gasteiger partial charge on any atom is -0.454 e. The van der Waals surface area contributed by atoms with Gasteiger partial charge in [0.2, 0.25) is 5.91 Å². The van der Waals surface area contributed by atoms with Crippen LogP contribution in [0.5, 0.6) is 0 Å². The molecule has 152 valence electrons. The average molecular weight is 418 g/mol.